The number of nitrogens with zero attached hydrogens (tertiary/aromatic N) is 4. The summed E-state index contributed by atoms with van der Waals surface area (Å²) in [6.45, 7) is 24.4. The van der Waals surface area contributed by atoms with E-state index in [9.17, 15) is 0 Å². The molecule has 0 atom stereocenters. The number of hydrogen-bond acceptors (Lipinski definition) is 4. The molecule has 5 aromatic rings. The summed E-state index contributed by atoms with van der Waals surface area (Å²) in [4.78, 5) is 21.7. The number of rotatable bonds is 21. The molecule has 0 spiro atoms. The van der Waals surface area contributed by atoms with E-state index in [-0.39, 0.29) is 19.5 Å². The summed E-state index contributed by atoms with van der Waals surface area (Å²) < 4.78 is 13.4. The third kappa shape index (κ3) is 12.5. The second kappa shape index (κ2) is 25.2. The largest absolute Gasteiger partial charge is 2.00 e. The van der Waals surface area contributed by atoms with Crippen molar-refractivity contribution in [2.24, 2.45) is 0 Å². The van der Waals surface area contributed by atoms with Crippen LogP contribution in [0.5, 0.6) is 11.5 Å². The van der Waals surface area contributed by atoms with Crippen LogP contribution in [0.2, 0.25) is 16.6 Å². The maximum absolute atomic E-state index is 6.69. The summed E-state index contributed by atoms with van der Waals surface area (Å²) in [5.74, 6) is 5.56. The molecule has 0 aliphatic carbocycles. The summed E-state index contributed by atoms with van der Waals surface area (Å²) in [5, 5.41) is 0. The standard InChI is InChI=1S/C61H76N4O2Si.Zn/c1-11-13-15-17-19-21-38-66-56-27-23-25-45(9)58(56)60-52-31-29-47(62-52)41-48-30-32-53(63-48)61(59-46(10)26-24-28-57(59)67-39-22-20-18-16-14-12-2)55-36-34-51(65-55)49(50-33-35-54(60)64-50)37-40-68(42(3)4,43(5)6)44(7)8;/h23-36,41-44H,11-22,38-39H2,1-10H3;/q-2;+2. The molecule has 7 rings (SSSR count). The molecule has 8 bridgehead atoms. The molecule has 0 saturated heterocycles. The number of unbranched alkanes of at least 4 members (excludes halogenated alkanes) is 10. The Hall–Kier alpha value is -4.96. The van der Waals surface area contributed by atoms with Crippen LogP contribution < -0.4 is 19.4 Å². The first-order valence-electron chi connectivity index (χ1n) is 26.0. The van der Waals surface area contributed by atoms with E-state index in [1.165, 1.54) is 51.4 Å². The molecule has 0 fully saturated rings. The van der Waals surface area contributed by atoms with E-state index in [1.807, 2.05) is 0 Å². The normalized spacial score (nSPS) is 12.2. The van der Waals surface area contributed by atoms with E-state index >= 15 is 0 Å². The Bertz CT molecular complexity index is 2730. The minimum Gasteiger partial charge on any atom is -0.657 e. The summed E-state index contributed by atoms with van der Waals surface area (Å²) in [6, 6.07) is 23.2. The van der Waals surface area contributed by atoms with E-state index in [2.05, 4.69) is 172 Å². The van der Waals surface area contributed by atoms with Gasteiger partial charge in [-0.25, -0.2) is 9.97 Å². The van der Waals surface area contributed by atoms with Gasteiger partial charge in [-0.1, -0.05) is 180 Å². The molecular formula is C61H76N4O2SiZn. The molecule has 2 aromatic carbocycles. The van der Waals surface area contributed by atoms with Gasteiger partial charge in [0.2, 0.25) is 0 Å². The Balaban J connectivity index is 0.00000782. The molecule has 69 heavy (non-hydrogen) atoms. The zero-order valence-electron chi connectivity index (χ0n) is 43.6. The maximum atomic E-state index is 6.69. The van der Waals surface area contributed by atoms with Crippen LogP contribution in [0.3, 0.4) is 0 Å². The van der Waals surface area contributed by atoms with Crippen molar-refractivity contribution in [1.82, 2.24) is 19.9 Å². The Morgan fingerprint density at radius 2 is 1.00 bits per heavy atom. The summed E-state index contributed by atoms with van der Waals surface area (Å²) in [7, 11) is -2.16. The van der Waals surface area contributed by atoms with Crippen molar-refractivity contribution < 1.29 is 29.0 Å². The van der Waals surface area contributed by atoms with E-state index in [0.29, 0.717) is 29.8 Å². The second-order valence-corrected chi connectivity index (χ2v) is 25.6. The number of fused-ring (bicyclic) bond motifs is 8. The van der Waals surface area contributed by atoms with Crippen LogP contribution in [0, 0.1) is 25.3 Å². The van der Waals surface area contributed by atoms with Crippen LogP contribution >= 0.6 is 0 Å². The fourth-order valence-corrected chi connectivity index (χ4v) is 15.8. The van der Waals surface area contributed by atoms with Crippen LogP contribution in [0.15, 0.2) is 66.7 Å². The number of benzene rings is 2. The van der Waals surface area contributed by atoms with Gasteiger partial charge in [0.05, 0.1) is 36.0 Å². The number of aryl methyl sites for hydroxylation is 2. The topological polar surface area (TPSA) is 72.4 Å². The minimum absolute atomic E-state index is 0. The van der Waals surface area contributed by atoms with Crippen molar-refractivity contribution in [2.45, 2.75) is 163 Å². The van der Waals surface area contributed by atoms with Crippen LogP contribution in [0.1, 0.15) is 172 Å². The Morgan fingerprint density at radius 1 is 0.522 bits per heavy atom. The van der Waals surface area contributed by atoms with Crippen molar-refractivity contribution >= 4 is 54.4 Å². The minimum atomic E-state index is -2.16. The van der Waals surface area contributed by atoms with E-state index in [0.717, 1.165) is 121 Å². The van der Waals surface area contributed by atoms with Crippen molar-refractivity contribution in [2.75, 3.05) is 13.2 Å². The zero-order valence-corrected chi connectivity index (χ0v) is 47.6. The Labute approximate surface area is 428 Å². The summed E-state index contributed by atoms with van der Waals surface area (Å²) in [6.07, 6.45) is 22.9. The fraction of sp³-hybridized carbons (Fsp3) is 0.443. The molecule has 5 heterocycles. The van der Waals surface area contributed by atoms with Gasteiger partial charge in [0, 0.05) is 16.7 Å². The number of aromatic nitrogens is 4. The van der Waals surface area contributed by atoms with Crippen LogP contribution in [-0.2, 0) is 19.5 Å². The van der Waals surface area contributed by atoms with Gasteiger partial charge in [0.25, 0.3) is 0 Å². The van der Waals surface area contributed by atoms with Gasteiger partial charge < -0.3 is 19.4 Å². The smallest absolute Gasteiger partial charge is 0.657 e. The van der Waals surface area contributed by atoms with Gasteiger partial charge in [-0.15, -0.1) is 27.6 Å². The first-order valence-corrected chi connectivity index (χ1v) is 28.2. The summed E-state index contributed by atoms with van der Waals surface area (Å²) in [5.41, 5.74) is 19.0. The van der Waals surface area contributed by atoms with Gasteiger partial charge >= 0.3 is 19.5 Å². The van der Waals surface area contributed by atoms with Crippen LogP contribution in [0.25, 0.3) is 68.6 Å². The van der Waals surface area contributed by atoms with E-state index in [4.69, 9.17) is 29.4 Å². The zero-order chi connectivity index (χ0) is 48.2. The fourth-order valence-electron chi connectivity index (χ4n) is 10.6. The average Bonchev–Trinajstić information content (AvgIpc) is 4.16. The Morgan fingerprint density at radius 3 is 1.57 bits per heavy atom. The van der Waals surface area contributed by atoms with Gasteiger partial charge in [0.1, 0.15) is 19.6 Å². The maximum Gasteiger partial charge on any atom is 2.00 e. The van der Waals surface area contributed by atoms with Crippen molar-refractivity contribution in [3.8, 4) is 45.2 Å². The molecule has 0 radical (unpaired) electrons. The first-order chi connectivity index (χ1) is 33.0. The first kappa shape index (κ1) is 53.4. The molecule has 2 aliphatic rings. The van der Waals surface area contributed by atoms with Gasteiger partial charge in [-0.2, -0.15) is 0 Å². The number of ether oxygens (including phenoxy) is 2. The monoisotopic (exact) mass is 989 g/mol. The van der Waals surface area contributed by atoms with Crippen molar-refractivity contribution in [3.63, 3.8) is 0 Å². The third-order valence-electron chi connectivity index (χ3n) is 14.2. The quantitative estimate of drug-likeness (QED) is 0.0406. The van der Waals surface area contributed by atoms with Gasteiger partial charge in [-0.05, 0) is 102 Å². The number of hydrogen-bond donors (Lipinski definition) is 0. The van der Waals surface area contributed by atoms with E-state index < -0.39 is 8.07 Å². The average molecular weight is 991 g/mol. The molecule has 2 aliphatic heterocycles. The van der Waals surface area contributed by atoms with Crippen molar-refractivity contribution in [3.05, 3.63) is 106 Å². The predicted molar refractivity (Wildman–Crippen MR) is 293 cm³/mol. The molecule has 0 saturated carbocycles. The van der Waals surface area contributed by atoms with Gasteiger partial charge in [-0.3, -0.25) is 0 Å². The Kier molecular flexibility index (Phi) is 19.5. The predicted octanol–water partition coefficient (Wildman–Crippen LogP) is 16.9. The van der Waals surface area contributed by atoms with Crippen molar-refractivity contribution in [1.29, 1.82) is 0 Å². The second-order valence-electron chi connectivity index (χ2n) is 20.0. The van der Waals surface area contributed by atoms with Crippen LogP contribution in [-0.4, -0.2) is 31.3 Å². The van der Waals surface area contributed by atoms with Gasteiger partial charge in [0.15, 0.2) is 0 Å². The molecule has 8 heteroatoms. The molecule has 6 nitrogen and oxygen atoms in total. The molecule has 0 unspecified atom stereocenters. The molecule has 0 N–H and O–H groups in total. The SMILES string of the molecule is CCCCCCCCOc1cccc(C)c1-c1c2nc(c(C#C[Si](C(C)C)(C(C)C)C(C)C)c3ccc([n-]3)c(-c3c(C)cccc3OCCCCCCCC)c3nc(cc4ccc1[n-]4)C=C3)C=C2.[Zn+2]. The third-order valence-corrected chi connectivity index (χ3v) is 20.5. The van der Waals surface area contributed by atoms with E-state index in [1.54, 1.807) is 0 Å². The molecule has 0 amide bonds. The summed E-state index contributed by atoms with van der Waals surface area (Å²) >= 11 is 0. The van der Waals surface area contributed by atoms with Crippen LogP contribution in [0.4, 0.5) is 0 Å². The molecular weight excluding hydrogens is 914 g/mol. The molecule has 3 aromatic heterocycles. The molecule has 358 valence electrons.